The number of guanidine groups is 1. The van der Waals surface area contributed by atoms with Crippen LogP contribution in [-0.2, 0) is 4.79 Å². The highest BCUT2D eigenvalue weighted by Gasteiger charge is 2.21. The summed E-state index contributed by atoms with van der Waals surface area (Å²) in [7, 11) is 0. The number of aliphatic hydroxyl groups is 1. The molecule has 7 N–H and O–H groups in total. The number of unbranched alkanes of at least 4 members (excludes halogenated alkanes) is 1. The smallest absolute Gasteiger partial charge is 0.335 e. The van der Waals surface area contributed by atoms with E-state index in [1.807, 2.05) is 0 Å². The average Bonchev–Trinajstić information content (AvgIpc) is 3.46. The van der Waals surface area contributed by atoms with Crippen molar-refractivity contribution in [3.05, 3.63) is 81.1 Å². The number of carbonyl (C=O) groups excluding carboxylic acids is 1. The van der Waals surface area contributed by atoms with Crippen LogP contribution < -0.4 is 21.7 Å². The number of aromatic carboxylic acids is 1. The molecule has 0 bridgehead atoms. The van der Waals surface area contributed by atoms with E-state index in [0.29, 0.717) is 41.2 Å². The number of hydrazone groups is 1. The van der Waals surface area contributed by atoms with E-state index < -0.39 is 29.2 Å². The Morgan fingerprint density at radius 2 is 1.98 bits per heavy atom. The van der Waals surface area contributed by atoms with Gasteiger partial charge in [0.05, 0.1) is 17.3 Å². The second-order valence-electron chi connectivity index (χ2n) is 8.52. The van der Waals surface area contributed by atoms with Gasteiger partial charge in [-0.25, -0.2) is 14.9 Å². The molecule has 2 aromatic carbocycles. The molecule has 3 aromatic rings. The number of hydrogen-bond acceptors (Lipinski definition) is 9. The van der Waals surface area contributed by atoms with Gasteiger partial charge in [-0.15, -0.1) is 5.10 Å². The van der Waals surface area contributed by atoms with E-state index in [-0.39, 0.29) is 18.1 Å². The SMILES string of the molecule is N/C(=N/[N+](=O)[O-])NCCCC[C@H](NC(=O)/C=C/c1cc(Cl)ccc1-n1cnnn1)C(O)Nc1ccc(C(=O)O)cc1. The number of anilines is 1. The van der Waals surface area contributed by atoms with Crippen LogP contribution in [0.2, 0.25) is 5.02 Å². The van der Waals surface area contributed by atoms with Crippen LogP contribution in [-0.4, -0.2) is 72.1 Å². The largest absolute Gasteiger partial charge is 0.478 e. The summed E-state index contributed by atoms with van der Waals surface area (Å²) in [6, 6.07) is 9.95. The third kappa shape index (κ3) is 9.86. The lowest BCUT2D eigenvalue weighted by Gasteiger charge is -2.25. The highest BCUT2D eigenvalue weighted by molar-refractivity contribution is 6.30. The first-order valence-electron chi connectivity index (χ1n) is 12.1. The summed E-state index contributed by atoms with van der Waals surface area (Å²) in [5.74, 6) is -1.94. The monoisotopic (exact) mass is 586 g/mol. The van der Waals surface area contributed by atoms with Gasteiger partial charge in [0.2, 0.25) is 5.91 Å². The Labute approximate surface area is 238 Å². The molecule has 2 atom stereocenters. The molecule has 0 fully saturated rings. The van der Waals surface area contributed by atoms with E-state index >= 15 is 0 Å². The van der Waals surface area contributed by atoms with Gasteiger partial charge in [0, 0.05) is 28.9 Å². The molecule has 0 aliphatic rings. The van der Waals surface area contributed by atoms with Crippen molar-refractivity contribution in [3.8, 4) is 5.69 Å². The summed E-state index contributed by atoms with van der Waals surface area (Å²) in [6.07, 6.45) is 4.24. The number of halogens is 1. The van der Waals surface area contributed by atoms with Gasteiger partial charge in [-0.05, 0) is 78.2 Å². The molecule has 1 amide bonds. The minimum atomic E-state index is -1.25. The molecule has 0 spiro atoms. The quantitative estimate of drug-likeness (QED) is 0.0297. The first kappa shape index (κ1) is 30.5. The predicted molar refractivity (Wildman–Crippen MR) is 149 cm³/mol. The van der Waals surface area contributed by atoms with Crippen molar-refractivity contribution in [1.82, 2.24) is 30.8 Å². The molecule has 17 heteroatoms. The van der Waals surface area contributed by atoms with Crippen molar-refractivity contribution in [2.45, 2.75) is 31.5 Å². The number of carboxylic acids is 1. The van der Waals surface area contributed by atoms with Gasteiger partial charge in [-0.2, -0.15) is 4.68 Å². The second-order valence-corrected chi connectivity index (χ2v) is 8.96. The van der Waals surface area contributed by atoms with Gasteiger partial charge in [0.25, 0.3) is 5.96 Å². The molecule has 0 aliphatic carbocycles. The van der Waals surface area contributed by atoms with Crippen molar-refractivity contribution in [1.29, 1.82) is 0 Å². The minimum absolute atomic E-state index is 0.0782. The number of carbonyl (C=O) groups is 2. The Morgan fingerprint density at radius 3 is 2.63 bits per heavy atom. The molecule has 216 valence electrons. The van der Waals surface area contributed by atoms with E-state index in [1.54, 1.807) is 18.2 Å². The molecule has 0 saturated carbocycles. The predicted octanol–water partition coefficient (Wildman–Crippen LogP) is 1.21. The maximum absolute atomic E-state index is 12.9. The highest BCUT2D eigenvalue weighted by atomic mass is 35.5. The molecule has 0 saturated heterocycles. The van der Waals surface area contributed by atoms with Crippen molar-refractivity contribution in [3.63, 3.8) is 0 Å². The average molecular weight is 587 g/mol. The van der Waals surface area contributed by atoms with Gasteiger partial charge in [0.15, 0.2) is 5.03 Å². The summed E-state index contributed by atoms with van der Waals surface area (Å²) in [5, 5.41) is 52.1. The fourth-order valence-electron chi connectivity index (χ4n) is 3.65. The molecule has 1 unspecified atom stereocenters. The highest BCUT2D eigenvalue weighted by Crippen LogP contribution is 2.20. The Morgan fingerprint density at radius 1 is 1.22 bits per heavy atom. The second kappa shape index (κ2) is 14.9. The number of nitrogens with one attached hydrogen (secondary N) is 3. The lowest BCUT2D eigenvalue weighted by Crippen LogP contribution is -2.46. The lowest BCUT2D eigenvalue weighted by molar-refractivity contribution is -0.485. The first-order valence-corrected chi connectivity index (χ1v) is 12.5. The number of aliphatic hydroxyl groups excluding tert-OH is 1. The number of nitro groups is 1. The third-order valence-corrected chi connectivity index (χ3v) is 5.83. The van der Waals surface area contributed by atoms with Crippen LogP contribution in [0, 0.1) is 10.1 Å². The third-order valence-electron chi connectivity index (χ3n) is 5.59. The van der Waals surface area contributed by atoms with E-state index in [9.17, 15) is 24.8 Å². The Balaban J connectivity index is 1.68. The summed E-state index contributed by atoms with van der Waals surface area (Å²) in [5.41, 5.74) is 7.07. The van der Waals surface area contributed by atoms with Crippen LogP contribution in [0.15, 0.2) is 60.0 Å². The van der Waals surface area contributed by atoms with Crippen LogP contribution in [0.1, 0.15) is 35.2 Å². The Kier molecular flexibility index (Phi) is 11.1. The van der Waals surface area contributed by atoms with Crippen molar-refractivity contribution < 1.29 is 24.8 Å². The van der Waals surface area contributed by atoms with Crippen molar-refractivity contribution in [2.75, 3.05) is 11.9 Å². The molecule has 3 rings (SSSR count). The zero-order valence-corrected chi connectivity index (χ0v) is 22.2. The summed E-state index contributed by atoms with van der Waals surface area (Å²) in [4.78, 5) is 34.4. The number of aromatic nitrogens is 4. The molecule has 16 nitrogen and oxygen atoms in total. The number of carboxylic acid groups (broad SMARTS) is 1. The molecule has 1 heterocycles. The molecule has 0 aliphatic heterocycles. The number of nitrogens with zero attached hydrogens (tertiary/aromatic N) is 6. The summed E-state index contributed by atoms with van der Waals surface area (Å²) < 4.78 is 1.41. The standard InChI is InChI=1S/C24H27ClN10O6/c25-17-7-10-20(34-14-28-32-33-34)16(13-17)6-11-21(36)30-19(3-1-2-12-27-24(26)31-35(40)41)22(37)29-18-8-4-15(5-9-18)23(38)39/h4-11,13-14,19,22,29,37H,1-3,12H2,(H,30,36)(H,38,39)(H3,26,27,31)/b11-6+/t19-,22?/m0/s1. The number of benzene rings is 2. The Bertz CT molecular complexity index is 1400. The van der Waals surface area contributed by atoms with Gasteiger partial charge in [-0.3, -0.25) is 4.79 Å². The van der Waals surface area contributed by atoms with E-state index in [4.69, 9.17) is 22.4 Å². The van der Waals surface area contributed by atoms with Gasteiger partial charge >= 0.3 is 5.97 Å². The molecular formula is C24H27ClN10O6. The Hall–Kier alpha value is -5.09. The zero-order valence-electron chi connectivity index (χ0n) is 21.4. The molecular weight excluding hydrogens is 560 g/mol. The van der Waals surface area contributed by atoms with Crippen LogP contribution in [0.25, 0.3) is 11.8 Å². The molecule has 41 heavy (non-hydrogen) atoms. The van der Waals surface area contributed by atoms with E-state index in [0.717, 1.165) is 0 Å². The number of rotatable bonds is 14. The summed E-state index contributed by atoms with van der Waals surface area (Å²) >= 11 is 6.13. The van der Waals surface area contributed by atoms with Crippen molar-refractivity contribution in [2.24, 2.45) is 10.8 Å². The normalized spacial score (nSPS) is 13.0. The van der Waals surface area contributed by atoms with Crippen LogP contribution >= 0.6 is 11.6 Å². The van der Waals surface area contributed by atoms with Gasteiger partial charge in [-0.1, -0.05) is 11.6 Å². The molecule has 1 aromatic heterocycles. The maximum Gasteiger partial charge on any atom is 0.335 e. The van der Waals surface area contributed by atoms with Crippen molar-refractivity contribution >= 4 is 41.2 Å². The molecule has 0 radical (unpaired) electrons. The first-order chi connectivity index (χ1) is 19.6. The number of amides is 1. The fraction of sp³-hybridized carbons (Fsp3) is 0.250. The van der Waals surface area contributed by atoms with Crippen LogP contribution in [0.3, 0.4) is 0 Å². The lowest BCUT2D eigenvalue weighted by atomic mass is 10.1. The summed E-state index contributed by atoms with van der Waals surface area (Å²) in [6.45, 7) is 0.276. The zero-order chi connectivity index (χ0) is 29.8. The van der Waals surface area contributed by atoms with Crippen LogP contribution in [0.5, 0.6) is 0 Å². The van der Waals surface area contributed by atoms with Gasteiger partial charge in [0.1, 0.15) is 17.7 Å². The number of tetrazole rings is 1. The fourth-order valence-corrected chi connectivity index (χ4v) is 3.83. The number of hydrogen-bond donors (Lipinski definition) is 6. The van der Waals surface area contributed by atoms with Gasteiger partial charge < -0.3 is 31.9 Å². The topological polar surface area (TPSA) is 236 Å². The number of nitrogens with two attached hydrogens (primary N) is 1. The van der Waals surface area contributed by atoms with Crippen LogP contribution in [0.4, 0.5) is 5.69 Å². The minimum Gasteiger partial charge on any atom is -0.478 e. The maximum atomic E-state index is 12.9. The van der Waals surface area contributed by atoms with E-state index in [1.165, 1.54) is 47.4 Å². The van der Waals surface area contributed by atoms with E-state index in [2.05, 4.69) is 36.6 Å².